The molecule has 8 nitrogen and oxygen atoms in total. The average molecular weight is 446 g/mol. The van der Waals surface area contributed by atoms with Crippen molar-refractivity contribution in [3.8, 4) is 17.0 Å². The number of nitrogens with one attached hydrogen (secondary N) is 1. The number of fused-ring (bicyclic) bond motifs is 3. The Labute approximate surface area is 192 Å². The molecule has 0 bridgehead atoms. The molecule has 33 heavy (non-hydrogen) atoms. The third-order valence-electron chi connectivity index (χ3n) is 5.99. The van der Waals surface area contributed by atoms with Gasteiger partial charge in [0.2, 0.25) is 0 Å². The molecule has 1 aliphatic heterocycles. The number of rotatable bonds is 6. The molecule has 4 aromatic rings. The van der Waals surface area contributed by atoms with Crippen molar-refractivity contribution in [2.75, 3.05) is 12.4 Å². The number of anilines is 1. The molecule has 0 atom stereocenters. The molecule has 0 aliphatic carbocycles. The molecule has 8 heteroatoms. The molecule has 3 heterocycles. The van der Waals surface area contributed by atoms with Crippen molar-refractivity contribution in [3.05, 3.63) is 59.4 Å². The summed E-state index contributed by atoms with van der Waals surface area (Å²) in [6.07, 6.45) is 1.64. The van der Waals surface area contributed by atoms with Gasteiger partial charge in [0.1, 0.15) is 24.0 Å². The maximum absolute atomic E-state index is 12.5. The molecule has 1 amide bonds. The molecule has 0 fully saturated rings. The third-order valence-corrected chi connectivity index (χ3v) is 5.99. The number of carbonyl (C=O) groups excluding carboxylic acids is 1. The van der Waals surface area contributed by atoms with Gasteiger partial charge >= 0.3 is 6.09 Å². The van der Waals surface area contributed by atoms with E-state index in [-0.39, 0.29) is 6.61 Å². The number of hydrogen-bond donors (Lipinski definition) is 1. The Kier molecular flexibility index (Phi) is 5.50. The maximum Gasteiger partial charge on any atom is 0.413 e. The van der Waals surface area contributed by atoms with Gasteiger partial charge in [-0.25, -0.2) is 14.5 Å². The lowest BCUT2D eigenvalue weighted by Crippen LogP contribution is -2.16. The number of amides is 1. The fourth-order valence-electron chi connectivity index (χ4n) is 4.34. The highest BCUT2D eigenvalue weighted by molar-refractivity contribution is 5.85. The molecule has 0 radical (unpaired) electrons. The summed E-state index contributed by atoms with van der Waals surface area (Å²) >= 11 is 0. The molecule has 0 saturated heterocycles. The van der Waals surface area contributed by atoms with Crippen molar-refractivity contribution in [3.63, 3.8) is 0 Å². The predicted molar refractivity (Wildman–Crippen MR) is 126 cm³/mol. The summed E-state index contributed by atoms with van der Waals surface area (Å²) in [5, 5.41) is 7.44. The topological polar surface area (TPSA) is 83.2 Å². The second kappa shape index (κ2) is 8.61. The SMILES string of the molecule is CCn1nc(-c2ccc(C)cc2OC)cc1NC(=O)OCc1ccc2c(c1)nc1n2CCC1. The van der Waals surface area contributed by atoms with E-state index in [1.54, 1.807) is 11.8 Å². The lowest BCUT2D eigenvalue weighted by molar-refractivity contribution is 0.155. The summed E-state index contributed by atoms with van der Waals surface area (Å²) < 4.78 is 15.0. The number of ether oxygens (including phenoxy) is 2. The Morgan fingerprint density at radius 1 is 1.18 bits per heavy atom. The van der Waals surface area contributed by atoms with E-state index in [0.717, 1.165) is 64.4 Å². The van der Waals surface area contributed by atoms with Crippen molar-refractivity contribution >= 4 is 22.9 Å². The van der Waals surface area contributed by atoms with Gasteiger partial charge in [-0.15, -0.1) is 0 Å². The van der Waals surface area contributed by atoms with Crippen LogP contribution in [0.25, 0.3) is 22.3 Å². The second-order valence-electron chi connectivity index (χ2n) is 8.24. The van der Waals surface area contributed by atoms with E-state index in [1.165, 1.54) is 0 Å². The van der Waals surface area contributed by atoms with Crippen molar-refractivity contribution in [2.45, 2.75) is 46.4 Å². The quantitative estimate of drug-likeness (QED) is 0.455. The summed E-state index contributed by atoms with van der Waals surface area (Å²) in [6, 6.07) is 13.8. The van der Waals surface area contributed by atoms with Gasteiger partial charge in [-0.1, -0.05) is 12.1 Å². The molecule has 0 spiro atoms. The minimum Gasteiger partial charge on any atom is -0.496 e. The van der Waals surface area contributed by atoms with Crippen LogP contribution < -0.4 is 10.1 Å². The summed E-state index contributed by atoms with van der Waals surface area (Å²) in [7, 11) is 1.64. The third kappa shape index (κ3) is 4.04. The van der Waals surface area contributed by atoms with E-state index in [9.17, 15) is 4.79 Å². The highest BCUT2D eigenvalue weighted by atomic mass is 16.5. The van der Waals surface area contributed by atoms with Gasteiger partial charge in [-0.05, 0) is 55.7 Å². The van der Waals surface area contributed by atoms with E-state index >= 15 is 0 Å². The van der Waals surface area contributed by atoms with E-state index < -0.39 is 6.09 Å². The van der Waals surface area contributed by atoms with E-state index in [1.807, 2.05) is 50.2 Å². The number of aryl methyl sites for hydroxylation is 4. The summed E-state index contributed by atoms with van der Waals surface area (Å²) in [6.45, 7) is 5.77. The van der Waals surface area contributed by atoms with Crippen LogP contribution in [0, 0.1) is 6.92 Å². The van der Waals surface area contributed by atoms with Gasteiger partial charge in [0.15, 0.2) is 0 Å². The van der Waals surface area contributed by atoms with Crippen LogP contribution in [-0.2, 0) is 30.9 Å². The molecule has 1 N–H and O–H groups in total. The van der Waals surface area contributed by atoms with Gasteiger partial charge in [-0.2, -0.15) is 5.10 Å². The van der Waals surface area contributed by atoms with Gasteiger partial charge in [0, 0.05) is 31.1 Å². The number of benzene rings is 2. The van der Waals surface area contributed by atoms with Gasteiger partial charge < -0.3 is 14.0 Å². The van der Waals surface area contributed by atoms with E-state index in [0.29, 0.717) is 12.4 Å². The van der Waals surface area contributed by atoms with E-state index in [2.05, 4.69) is 21.0 Å². The zero-order chi connectivity index (χ0) is 22.9. The second-order valence-corrected chi connectivity index (χ2v) is 8.24. The number of aromatic nitrogens is 4. The number of nitrogens with zero attached hydrogens (tertiary/aromatic N) is 4. The largest absolute Gasteiger partial charge is 0.496 e. The standard InChI is InChI=1S/C25H27N5O3/c1-4-30-24(14-19(28-30)18-9-7-16(2)12-22(18)32-3)27-25(31)33-15-17-8-10-21-20(13-17)26-23-6-5-11-29(21)23/h7-10,12-14H,4-6,11,15H2,1-3H3,(H,27,31). The van der Waals surface area contributed by atoms with Crippen molar-refractivity contribution in [1.29, 1.82) is 0 Å². The summed E-state index contributed by atoms with van der Waals surface area (Å²) in [5.41, 5.74) is 5.69. The number of hydrogen-bond acceptors (Lipinski definition) is 5. The average Bonchev–Trinajstić information content (AvgIpc) is 3.51. The predicted octanol–water partition coefficient (Wildman–Crippen LogP) is 4.93. The summed E-state index contributed by atoms with van der Waals surface area (Å²) in [5.74, 6) is 2.45. The Bertz CT molecular complexity index is 1340. The number of carbonyl (C=O) groups is 1. The molecule has 1 aliphatic rings. The molecule has 5 rings (SSSR count). The maximum atomic E-state index is 12.5. The molecular weight excluding hydrogens is 418 g/mol. The summed E-state index contributed by atoms with van der Waals surface area (Å²) in [4.78, 5) is 17.2. The van der Waals surface area contributed by atoms with Gasteiger partial charge in [-0.3, -0.25) is 5.32 Å². The number of imidazole rings is 1. The fraction of sp³-hybridized carbons (Fsp3) is 0.320. The Morgan fingerprint density at radius 3 is 2.88 bits per heavy atom. The molecule has 0 unspecified atom stereocenters. The highest BCUT2D eigenvalue weighted by Gasteiger charge is 2.17. The van der Waals surface area contributed by atoms with Gasteiger partial charge in [0.05, 0.1) is 23.8 Å². The minimum absolute atomic E-state index is 0.170. The van der Waals surface area contributed by atoms with Crippen LogP contribution in [0.4, 0.5) is 10.6 Å². The van der Waals surface area contributed by atoms with Crippen LogP contribution in [0.3, 0.4) is 0 Å². The van der Waals surface area contributed by atoms with Gasteiger partial charge in [0.25, 0.3) is 0 Å². The normalized spacial score (nSPS) is 12.7. The zero-order valence-electron chi connectivity index (χ0n) is 19.1. The van der Waals surface area contributed by atoms with Crippen LogP contribution in [0.15, 0.2) is 42.5 Å². The lowest BCUT2D eigenvalue weighted by atomic mass is 10.1. The minimum atomic E-state index is -0.528. The first-order chi connectivity index (χ1) is 16.1. The smallest absolute Gasteiger partial charge is 0.413 e. The highest BCUT2D eigenvalue weighted by Crippen LogP contribution is 2.31. The van der Waals surface area contributed by atoms with Crippen LogP contribution in [0.2, 0.25) is 0 Å². The Morgan fingerprint density at radius 2 is 2.06 bits per heavy atom. The first-order valence-corrected chi connectivity index (χ1v) is 11.2. The van der Waals surface area contributed by atoms with Crippen LogP contribution in [0.1, 0.15) is 30.3 Å². The molecule has 0 saturated carbocycles. The zero-order valence-corrected chi connectivity index (χ0v) is 19.1. The van der Waals surface area contributed by atoms with Crippen molar-refractivity contribution < 1.29 is 14.3 Å². The first kappa shape index (κ1) is 21.1. The van der Waals surface area contributed by atoms with E-state index in [4.69, 9.17) is 14.5 Å². The molecule has 2 aromatic heterocycles. The van der Waals surface area contributed by atoms with Crippen LogP contribution in [-0.4, -0.2) is 32.5 Å². The van der Waals surface area contributed by atoms with Crippen molar-refractivity contribution in [2.24, 2.45) is 0 Å². The first-order valence-electron chi connectivity index (χ1n) is 11.2. The fourth-order valence-corrected chi connectivity index (χ4v) is 4.34. The van der Waals surface area contributed by atoms with Crippen LogP contribution in [0.5, 0.6) is 5.75 Å². The monoisotopic (exact) mass is 445 g/mol. The lowest BCUT2D eigenvalue weighted by Gasteiger charge is -2.08. The Hall–Kier alpha value is -3.81. The molecular formula is C25H27N5O3. The number of methoxy groups -OCH3 is 1. The Balaban J connectivity index is 1.28. The van der Waals surface area contributed by atoms with Crippen LogP contribution >= 0.6 is 0 Å². The molecule has 170 valence electrons. The van der Waals surface area contributed by atoms with Crippen molar-refractivity contribution in [1.82, 2.24) is 19.3 Å². The molecule has 2 aromatic carbocycles.